The molecule has 1 N–H and O–H groups in total. The van der Waals surface area contributed by atoms with E-state index in [1.54, 1.807) is 6.20 Å². The molecule has 0 bridgehead atoms. The first-order chi connectivity index (χ1) is 8.80. The molecule has 0 amide bonds. The second-order valence-corrected chi connectivity index (χ2v) is 6.27. The second-order valence-electron chi connectivity index (χ2n) is 5.50. The van der Waals surface area contributed by atoms with Gasteiger partial charge in [-0.05, 0) is 34.0 Å². The van der Waals surface area contributed by atoms with Crippen LogP contribution in [0.2, 0.25) is 0 Å². The Labute approximate surface area is 119 Å². The Morgan fingerprint density at radius 2 is 1.79 bits per heavy atom. The monoisotopic (exact) mass is 281 g/mol. The summed E-state index contributed by atoms with van der Waals surface area (Å²) in [6.45, 7) is 8.12. The topological polar surface area (TPSA) is 56.3 Å². The van der Waals surface area contributed by atoms with Crippen molar-refractivity contribution >= 4 is 30.2 Å². The number of anilines is 1. The fourth-order valence-electron chi connectivity index (χ4n) is 1.82. The lowest BCUT2D eigenvalue weighted by Crippen LogP contribution is -2.41. The molecular formula is C12H20BN3O2S. The molecule has 1 aromatic heterocycles. The lowest BCUT2D eigenvalue weighted by atomic mass is 9.80. The molecule has 1 aliphatic rings. The van der Waals surface area contributed by atoms with Crippen molar-refractivity contribution in [3.05, 3.63) is 6.20 Å². The Hall–Kier alpha value is -0.785. The van der Waals surface area contributed by atoms with Gasteiger partial charge >= 0.3 is 7.12 Å². The molecule has 0 unspecified atom stereocenters. The Kier molecular flexibility index (Phi) is 3.82. The molecule has 0 atom stereocenters. The molecule has 19 heavy (non-hydrogen) atoms. The van der Waals surface area contributed by atoms with Crippen molar-refractivity contribution in [3.63, 3.8) is 0 Å². The molecule has 0 radical (unpaired) electrons. The Balaban J connectivity index is 2.34. The van der Waals surface area contributed by atoms with Crippen LogP contribution in [0.5, 0.6) is 0 Å². The normalized spacial score (nSPS) is 20.6. The zero-order valence-electron chi connectivity index (χ0n) is 12.3. The van der Waals surface area contributed by atoms with Crippen molar-refractivity contribution < 1.29 is 9.31 Å². The first kappa shape index (κ1) is 14.6. The third-order valence-corrected chi connectivity index (χ3v) is 4.28. The molecule has 1 aromatic rings. The summed E-state index contributed by atoms with van der Waals surface area (Å²) in [7, 11) is 1.39. The third-order valence-electron chi connectivity index (χ3n) is 3.72. The van der Waals surface area contributed by atoms with Gasteiger partial charge in [0.05, 0.1) is 11.2 Å². The van der Waals surface area contributed by atoms with Gasteiger partial charge in [-0.15, -0.1) is 0 Å². The highest BCUT2D eigenvalue weighted by atomic mass is 32.2. The minimum atomic E-state index is -0.441. The molecule has 1 saturated heterocycles. The van der Waals surface area contributed by atoms with Gasteiger partial charge in [-0.2, -0.15) is 0 Å². The van der Waals surface area contributed by atoms with Gasteiger partial charge in [0.25, 0.3) is 0 Å². The summed E-state index contributed by atoms with van der Waals surface area (Å²) in [5.74, 6) is 0.748. The van der Waals surface area contributed by atoms with Crippen LogP contribution in [0.3, 0.4) is 0 Å². The molecule has 1 aliphatic heterocycles. The van der Waals surface area contributed by atoms with Crippen LogP contribution in [-0.4, -0.2) is 41.6 Å². The highest BCUT2D eigenvalue weighted by molar-refractivity contribution is 7.98. The molecule has 0 saturated carbocycles. The fraction of sp³-hybridized carbons (Fsp3) is 0.667. The van der Waals surface area contributed by atoms with Crippen LogP contribution in [0, 0.1) is 0 Å². The summed E-state index contributed by atoms with van der Waals surface area (Å²) in [6.07, 6.45) is 3.72. The summed E-state index contributed by atoms with van der Waals surface area (Å²) in [4.78, 5) is 8.73. The molecule has 1 fully saturated rings. The summed E-state index contributed by atoms with van der Waals surface area (Å²) < 4.78 is 12.0. The van der Waals surface area contributed by atoms with Crippen molar-refractivity contribution in [2.75, 3.05) is 18.6 Å². The van der Waals surface area contributed by atoms with Gasteiger partial charge in [0.1, 0.15) is 5.82 Å². The smallest absolute Gasteiger partial charge is 0.399 e. The predicted octanol–water partition coefficient (Wildman–Crippen LogP) is 1.54. The first-order valence-corrected chi connectivity index (χ1v) is 7.47. The summed E-state index contributed by atoms with van der Waals surface area (Å²) in [6, 6.07) is 0. The van der Waals surface area contributed by atoms with Gasteiger partial charge in [-0.3, -0.25) is 0 Å². The van der Waals surface area contributed by atoms with Crippen molar-refractivity contribution in [2.24, 2.45) is 0 Å². The largest absolute Gasteiger partial charge is 0.500 e. The number of hydrogen-bond donors (Lipinski definition) is 1. The molecule has 7 heteroatoms. The van der Waals surface area contributed by atoms with Crippen LogP contribution >= 0.6 is 11.8 Å². The standard InChI is InChI=1S/C12H20BN3O2S/c1-11(2)12(3,4)18-13(17-11)8-7-15-10(19-6)16-9(8)14-5/h7H,1-6H3,(H,14,15,16). The first-order valence-electron chi connectivity index (χ1n) is 6.25. The van der Waals surface area contributed by atoms with Gasteiger partial charge in [-0.25, -0.2) is 9.97 Å². The van der Waals surface area contributed by atoms with E-state index in [0.717, 1.165) is 16.4 Å². The molecule has 2 rings (SSSR count). The Morgan fingerprint density at radius 3 is 2.26 bits per heavy atom. The average molecular weight is 281 g/mol. The number of nitrogens with zero attached hydrogens (tertiary/aromatic N) is 2. The second kappa shape index (κ2) is 4.96. The van der Waals surface area contributed by atoms with E-state index in [4.69, 9.17) is 9.31 Å². The van der Waals surface area contributed by atoms with Crippen LogP contribution < -0.4 is 10.8 Å². The van der Waals surface area contributed by atoms with E-state index in [9.17, 15) is 0 Å². The van der Waals surface area contributed by atoms with Crippen molar-refractivity contribution in [1.82, 2.24) is 9.97 Å². The highest BCUT2D eigenvalue weighted by Gasteiger charge is 2.52. The van der Waals surface area contributed by atoms with E-state index < -0.39 is 7.12 Å². The van der Waals surface area contributed by atoms with E-state index in [2.05, 4.69) is 15.3 Å². The average Bonchev–Trinajstić information content (AvgIpc) is 2.57. The zero-order chi connectivity index (χ0) is 14.3. The lowest BCUT2D eigenvalue weighted by molar-refractivity contribution is 0.00578. The number of aromatic nitrogens is 2. The van der Waals surface area contributed by atoms with Gasteiger partial charge < -0.3 is 14.6 Å². The zero-order valence-corrected chi connectivity index (χ0v) is 13.1. The number of thioether (sulfide) groups is 1. The predicted molar refractivity (Wildman–Crippen MR) is 79.1 cm³/mol. The molecule has 0 spiro atoms. The molecular weight excluding hydrogens is 261 g/mol. The summed E-state index contributed by atoms with van der Waals surface area (Å²) >= 11 is 1.51. The molecule has 0 aromatic carbocycles. The van der Waals surface area contributed by atoms with Crippen molar-refractivity contribution in [1.29, 1.82) is 0 Å². The maximum absolute atomic E-state index is 6.02. The minimum absolute atomic E-state index is 0.360. The van der Waals surface area contributed by atoms with Crippen LogP contribution in [0.1, 0.15) is 27.7 Å². The molecule has 2 heterocycles. The van der Waals surface area contributed by atoms with Gasteiger partial charge in [0.15, 0.2) is 5.16 Å². The Morgan fingerprint density at radius 1 is 1.21 bits per heavy atom. The quantitative estimate of drug-likeness (QED) is 0.515. The van der Waals surface area contributed by atoms with E-state index in [1.807, 2.05) is 41.0 Å². The Bertz CT molecular complexity index is 466. The van der Waals surface area contributed by atoms with Crippen molar-refractivity contribution in [2.45, 2.75) is 44.1 Å². The van der Waals surface area contributed by atoms with Gasteiger partial charge in [0, 0.05) is 18.7 Å². The van der Waals surface area contributed by atoms with Crippen LogP contribution in [0.4, 0.5) is 5.82 Å². The number of hydrogen-bond acceptors (Lipinski definition) is 6. The lowest BCUT2D eigenvalue weighted by Gasteiger charge is -2.32. The van der Waals surface area contributed by atoms with E-state index >= 15 is 0 Å². The van der Waals surface area contributed by atoms with E-state index in [1.165, 1.54) is 11.8 Å². The molecule has 5 nitrogen and oxygen atoms in total. The van der Waals surface area contributed by atoms with E-state index in [0.29, 0.717) is 0 Å². The third kappa shape index (κ3) is 2.59. The minimum Gasteiger partial charge on any atom is -0.399 e. The maximum atomic E-state index is 6.02. The summed E-state index contributed by atoms with van der Waals surface area (Å²) in [5.41, 5.74) is 0.112. The highest BCUT2D eigenvalue weighted by Crippen LogP contribution is 2.36. The van der Waals surface area contributed by atoms with Crippen LogP contribution in [-0.2, 0) is 9.31 Å². The van der Waals surface area contributed by atoms with Crippen molar-refractivity contribution in [3.8, 4) is 0 Å². The SMILES string of the molecule is CNc1nc(SC)ncc1B1OC(C)(C)C(C)(C)O1. The summed E-state index contributed by atoms with van der Waals surface area (Å²) in [5, 5.41) is 3.80. The van der Waals surface area contributed by atoms with E-state index in [-0.39, 0.29) is 11.2 Å². The molecule has 104 valence electrons. The molecule has 0 aliphatic carbocycles. The number of rotatable bonds is 3. The van der Waals surface area contributed by atoms with Gasteiger partial charge in [0.2, 0.25) is 0 Å². The fourth-order valence-corrected chi connectivity index (χ4v) is 2.16. The number of nitrogens with one attached hydrogen (secondary N) is 1. The maximum Gasteiger partial charge on any atom is 0.500 e. The van der Waals surface area contributed by atoms with Crippen LogP contribution in [0.25, 0.3) is 0 Å². The van der Waals surface area contributed by atoms with Crippen LogP contribution in [0.15, 0.2) is 11.4 Å². The van der Waals surface area contributed by atoms with Gasteiger partial charge in [-0.1, -0.05) is 11.8 Å².